The van der Waals surface area contributed by atoms with Crippen LogP contribution < -0.4 is 4.90 Å². The molecule has 0 bridgehead atoms. The van der Waals surface area contributed by atoms with Crippen molar-refractivity contribution < 1.29 is 4.79 Å². The number of benzene rings is 1. The average Bonchev–Trinajstić information content (AvgIpc) is 3.12. The van der Waals surface area contributed by atoms with Crippen molar-refractivity contribution in [3.05, 3.63) is 53.7 Å². The summed E-state index contributed by atoms with van der Waals surface area (Å²) in [5, 5.41) is 1.50. The molecule has 0 radical (unpaired) electrons. The van der Waals surface area contributed by atoms with Gasteiger partial charge in [0, 0.05) is 43.8 Å². The number of carbonyl (C=O) groups excluding carboxylic acids is 1. The van der Waals surface area contributed by atoms with Crippen LogP contribution in [-0.4, -0.2) is 41.2 Å². The molecule has 2 aliphatic rings. The van der Waals surface area contributed by atoms with E-state index in [1.54, 1.807) is 18.0 Å². The Morgan fingerprint density at radius 3 is 2.77 bits per heavy atom. The van der Waals surface area contributed by atoms with Gasteiger partial charge in [0.15, 0.2) is 0 Å². The number of thioether (sulfide) groups is 1. The van der Waals surface area contributed by atoms with Crippen LogP contribution in [0.1, 0.15) is 41.6 Å². The molecule has 0 N–H and O–H groups in total. The molecule has 2 heterocycles. The number of amides is 1. The number of pyridine rings is 1. The lowest BCUT2D eigenvalue weighted by molar-refractivity contribution is 0.0747. The van der Waals surface area contributed by atoms with E-state index >= 15 is 0 Å². The molecule has 5 heteroatoms. The number of likely N-dealkylation sites (N-methyl/N-ethyl adjacent to an activating group) is 1. The fraction of sp³-hybridized carbons (Fsp3) is 0.429. The summed E-state index contributed by atoms with van der Waals surface area (Å²) in [5.41, 5.74) is 3.18. The minimum atomic E-state index is 0.101. The summed E-state index contributed by atoms with van der Waals surface area (Å²) in [4.78, 5) is 22.1. The van der Waals surface area contributed by atoms with E-state index in [1.165, 1.54) is 36.9 Å². The Bertz CT molecular complexity index is 788. The number of anilines is 1. The van der Waals surface area contributed by atoms with Gasteiger partial charge in [0.2, 0.25) is 0 Å². The lowest BCUT2D eigenvalue weighted by Gasteiger charge is -2.22. The van der Waals surface area contributed by atoms with E-state index in [1.807, 2.05) is 23.1 Å². The number of fused-ring (bicyclic) bond motifs is 1. The van der Waals surface area contributed by atoms with E-state index < -0.39 is 0 Å². The third kappa shape index (κ3) is 3.58. The Morgan fingerprint density at radius 1 is 1.12 bits per heavy atom. The van der Waals surface area contributed by atoms with Crippen LogP contribution in [0.3, 0.4) is 0 Å². The molecule has 2 aromatic rings. The molecular formula is C21H25N3OS. The van der Waals surface area contributed by atoms with Gasteiger partial charge >= 0.3 is 0 Å². The number of hydrogen-bond donors (Lipinski definition) is 0. The third-order valence-electron chi connectivity index (χ3n) is 5.34. The summed E-state index contributed by atoms with van der Waals surface area (Å²) >= 11 is 1.79. The van der Waals surface area contributed by atoms with Crippen LogP contribution in [0.25, 0.3) is 0 Å². The summed E-state index contributed by atoms with van der Waals surface area (Å²) in [7, 11) is 2.10. The molecule has 1 aliphatic heterocycles. The third-order valence-corrected chi connectivity index (χ3v) is 6.69. The number of aromatic nitrogens is 1. The van der Waals surface area contributed by atoms with Crippen LogP contribution >= 0.6 is 11.8 Å². The first kappa shape index (κ1) is 17.4. The Morgan fingerprint density at radius 2 is 1.92 bits per heavy atom. The van der Waals surface area contributed by atoms with Gasteiger partial charge in [-0.15, -0.1) is 11.8 Å². The summed E-state index contributed by atoms with van der Waals surface area (Å²) in [6, 6.07) is 12.2. The molecule has 26 heavy (non-hydrogen) atoms. The molecule has 4 rings (SSSR count). The van der Waals surface area contributed by atoms with Gasteiger partial charge < -0.3 is 9.80 Å². The van der Waals surface area contributed by atoms with E-state index in [9.17, 15) is 4.79 Å². The topological polar surface area (TPSA) is 36.4 Å². The van der Waals surface area contributed by atoms with Gasteiger partial charge in [-0.3, -0.25) is 4.79 Å². The second-order valence-corrected chi connectivity index (χ2v) is 8.45. The first-order valence-corrected chi connectivity index (χ1v) is 10.3. The van der Waals surface area contributed by atoms with E-state index in [0.29, 0.717) is 11.8 Å². The monoisotopic (exact) mass is 367 g/mol. The summed E-state index contributed by atoms with van der Waals surface area (Å²) < 4.78 is 0. The molecular weight excluding hydrogens is 342 g/mol. The highest BCUT2D eigenvalue weighted by atomic mass is 32.2. The van der Waals surface area contributed by atoms with Crippen molar-refractivity contribution in [1.29, 1.82) is 0 Å². The minimum Gasteiger partial charge on any atom is -0.373 e. The quantitative estimate of drug-likeness (QED) is 0.814. The number of para-hydroxylation sites is 1. The van der Waals surface area contributed by atoms with E-state index in [2.05, 4.69) is 35.1 Å². The largest absolute Gasteiger partial charge is 0.373 e. The maximum absolute atomic E-state index is 13.3. The Kier molecular flexibility index (Phi) is 5.16. The van der Waals surface area contributed by atoms with Crippen LogP contribution in [0, 0.1) is 0 Å². The van der Waals surface area contributed by atoms with Crippen molar-refractivity contribution in [3.63, 3.8) is 0 Å². The van der Waals surface area contributed by atoms with Crippen molar-refractivity contribution in [2.75, 3.05) is 25.0 Å². The molecule has 1 fully saturated rings. The first-order valence-electron chi connectivity index (χ1n) is 9.42. The number of rotatable bonds is 3. The summed E-state index contributed by atoms with van der Waals surface area (Å²) in [6.07, 6.45) is 6.86. The normalized spacial score (nSPS) is 17.9. The average molecular weight is 368 g/mol. The van der Waals surface area contributed by atoms with Crippen molar-refractivity contribution in [2.45, 2.75) is 42.5 Å². The van der Waals surface area contributed by atoms with Gasteiger partial charge in [-0.1, -0.05) is 31.0 Å². The highest BCUT2D eigenvalue weighted by molar-refractivity contribution is 7.99. The molecule has 136 valence electrons. The SMILES string of the molecule is CN1CCN(C(=O)c2cccnc2SC2CCCC2)Cc2ccccc21. The van der Waals surface area contributed by atoms with Gasteiger partial charge in [-0.25, -0.2) is 4.98 Å². The Labute approximate surface area is 159 Å². The molecule has 1 aliphatic carbocycles. The van der Waals surface area contributed by atoms with Crippen molar-refractivity contribution in [1.82, 2.24) is 9.88 Å². The maximum atomic E-state index is 13.3. The standard InChI is InChI=1S/C21H25N3OS/c1-23-13-14-24(15-16-7-2-5-11-19(16)23)21(25)18-10-6-12-22-20(18)26-17-8-3-4-9-17/h2,5-7,10-12,17H,3-4,8-9,13-15H2,1H3. The van der Waals surface area contributed by atoms with E-state index in [0.717, 1.165) is 23.7 Å². The Balaban J connectivity index is 1.58. The van der Waals surface area contributed by atoms with Crippen LogP contribution in [-0.2, 0) is 6.54 Å². The molecule has 4 nitrogen and oxygen atoms in total. The fourth-order valence-corrected chi connectivity index (χ4v) is 5.14. The molecule has 1 aromatic heterocycles. The number of hydrogen-bond acceptors (Lipinski definition) is 4. The minimum absolute atomic E-state index is 0.101. The first-order chi connectivity index (χ1) is 12.7. The number of nitrogens with zero attached hydrogens (tertiary/aromatic N) is 3. The Hall–Kier alpha value is -2.01. The van der Waals surface area contributed by atoms with Gasteiger partial charge in [-0.2, -0.15) is 0 Å². The van der Waals surface area contributed by atoms with E-state index in [-0.39, 0.29) is 5.91 Å². The smallest absolute Gasteiger partial charge is 0.256 e. The zero-order valence-electron chi connectivity index (χ0n) is 15.2. The van der Waals surface area contributed by atoms with Gasteiger partial charge in [0.1, 0.15) is 5.03 Å². The van der Waals surface area contributed by atoms with Gasteiger partial charge in [0.25, 0.3) is 5.91 Å². The van der Waals surface area contributed by atoms with E-state index in [4.69, 9.17) is 0 Å². The zero-order chi connectivity index (χ0) is 17.9. The molecule has 1 aromatic carbocycles. The number of carbonyl (C=O) groups is 1. The molecule has 0 atom stereocenters. The lowest BCUT2D eigenvalue weighted by atomic mass is 10.1. The molecule has 0 unspecified atom stereocenters. The molecule has 1 amide bonds. The molecule has 0 spiro atoms. The fourth-order valence-electron chi connectivity index (χ4n) is 3.85. The van der Waals surface area contributed by atoms with Gasteiger partial charge in [0.05, 0.1) is 5.56 Å². The zero-order valence-corrected chi connectivity index (χ0v) is 16.0. The highest BCUT2D eigenvalue weighted by Crippen LogP contribution is 2.35. The summed E-state index contributed by atoms with van der Waals surface area (Å²) in [6.45, 7) is 2.22. The summed E-state index contributed by atoms with van der Waals surface area (Å²) in [5.74, 6) is 0.101. The van der Waals surface area contributed by atoms with Crippen LogP contribution in [0.2, 0.25) is 0 Å². The molecule has 1 saturated carbocycles. The van der Waals surface area contributed by atoms with Gasteiger partial charge in [-0.05, 0) is 36.6 Å². The second-order valence-electron chi connectivity index (χ2n) is 7.16. The van der Waals surface area contributed by atoms with Crippen LogP contribution in [0.15, 0.2) is 47.6 Å². The van der Waals surface area contributed by atoms with Crippen molar-refractivity contribution in [3.8, 4) is 0 Å². The van der Waals surface area contributed by atoms with Crippen LogP contribution in [0.5, 0.6) is 0 Å². The lowest BCUT2D eigenvalue weighted by Crippen LogP contribution is -2.34. The second kappa shape index (κ2) is 7.70. The predicted octanol–water partition coefficient (Wildman–Crippen LogP) is 4.21. The van der Waals surface area contributed by atoms with Crippen molar-refractivity contribution in [2.24, 2.45) is 0 Å². The predicted molar refractivity (Wildman–Crippen MR) is 107 cm³/mol. The maximum Gasteiger partial charge on any atom is 0.256 e. The van der Waals surface area contributed by atoms with Crippen LogP contribution in [0.4, 0.5) is 5.69 Å². The molecule has 0 saturated heterocycles. The highest BCUT2D eigenvalue weighted by Gasteiger charge is 2.26. The van der Waals surface area contributed by atoms with Crippen molar-refractivity contribution >= 4 is 23.4 Å².